The molecular formula is C21H12N2O6. The molecule has 4 rings (SSSR count). The zero-order valence-electron chi connectivity index (χ0n) is 14.8. The lowest BCUT2D eigenvalue weighted by Gasteiger charge is -2.03. The molecule has 0 unspecified atom stereocenters. The van der Waals surface area contributed by atoms with Gasteiger partial charge < -0.3 is 4.42 Å². The van der Waals surface area contributed by atoms with Gasteiger partial charge in [0.2, 0.25) is 0 Å². The van der Waals surface area contributed by atoms with Crippen LogP contribution in [0.15, 0.2) is 82.0 Å². The van der Waals surface area contributed by atoms with Crippen molar-refractivity contribution in [2.75, 3.05) is 0 Å². The molecule has 0 atom stereocenters. The first-order valence-corrected chi connectivity index (χ1v) is 8.50. The van der Waals surface area contributed by atoms with Crippen LogP contribution in [-0.4, -0.2) is 21.2 Å². The van der Waals surface area contributed by atoms with Gasteiger partial charge in [0.1, 0.15) is 0 Å². The quantitative estimate of drug-likeness (QED) is 0.301. The Balaban J connectivity index is 1.74. The first kappa shape index (κ1) is 18.1. The summed E-state index contributed by atoms with van der Waals surface area (Å²) in [6, 6.07) is 17.9. The number of aromatic nitrogens is 1. The molecule has 29 heavy (non-hydrogen) atoms. The molecule has 0 saturated heterocycles. The van der Waals surface area contributed by atoms with Gasteiger partial charge in [0.25, 0.3) is 11.6 Å². The van der Waals surface area contributed by atoms with Gasteiger partial charge in [-0.3, -0.25) is 19.7 Å². The van der Waals surface area contributed by atoms with Gasteiger partial charge in [-0.15, -0.1) is 0 Å². The van der Waals surface area contributed by atoms with Crippen molar-refractivity contribution in [3.63, 3.8) is 0 Å². The molecule has 0 aliphatic heterocycles. The van der Waals surface area contributed by atoms with Crippen molar-refractivity contribution in [3.8, 4) is 0 Å². The SMILES string of the molecule is O=C(c1ccccc1)c1ccc2c(c1)oc(=O)n2C(=O)c1ccc([N+](=O)[O-])cc1. The van der Waals surface area contributed by atoms with Crippen molar-refractivity contribution in [3.05, 3.63) is 110 Å². The summed E-state index contributed by atoms with van der Waals surface area (Å²) in [4.78, 5) is 47.7. The van der Waals surface area contributed by atoms with E-state index in [0.717, 1.165) is 4.57 Å². The van der Waals surface area contributed by atoms with Crippen molar-refractivity contribution in [2.24, 2.45) is 0 Å². The maximum absolute atomic E-state index is 12.7. The predicted molar refractivity (Wildman–Crippen MR) is 103 cm³/mol. The highest BCUT2D eigenvalue weighted by Crippen LogP contribution is 2.20. The monoisotopic (exact) mass is 388 g/mol. The van der Waals surface area contributed by atoms with E-state index in [9.17, 15) is 24.5 Å². The summed E-state index contributed by atoms with van der Waals surface area (Å²) in [5, 5.41) is 10.8. The summed E-state index contributed by atoms with van der Waals surface area (Å²) >= 11 is 0. The number of hydrogen-bond donors (Lipinski definition) is 0. The third kappa shape index (κ3) is 3.23. The van der Waals surface area contributed by atoms with Crippen molar-refractivity contribution in [1.29, 1.82) is 0 Å². The Morgan fingerprint density at radius 1 is 0.862 bits per heavy atom. The van der Waals surface area contributed by atoms with Gasteiger partial charge in [-0.25, -0.2) is 9.36 Å². The maximum Gasteiger partial charge on any atom is 0.427 e. The lowest BCUT2D eigenvalue weighted by Crippen LogP contribution is -2.23. The van der Waals surface area contributed by atoms with E-state index in [0.29, 0.717) is 11.1 Å². The van der Waals surface area contributed by atoms with E-state index in [4.69, 9.17) is 4.42 Å². The zero-order valence-corrected chi connectivity index (χ0v) is 14.8. The third-order valence-corrected chi connectivity index (χ3v) is 4.41. The van der Waals surface area contributed by atoms with Crippen LogP contribution in [0.1, 0.15) is 26.3 Å². The van der Waals surface area contributed by atoms with E-state index in [-0.39, 0.29) is 28.1 Å². The average Bonchev–Trinajstić information content (AvgIpc) is 3.08. The van der Waals surface area contributed by atoms with Crippen LogP contribution in [0.5, 0.6) is 0 Å². The normalized spacial score (nSPS) is 10.8. The molecule has 0 amide bonds. The van der Waals surface area contributed by atoms with Crippen LogP contribution in [0.25, 0.3) is 11.1 Å². The van der Waals surface area contributed by atoms with Gasteiger partial charge in [-0.1, -0.05) is 30.3 Å². The van der Waals surface area contributed by atoms with E-state index >= 15 is 0 Å². The molecule has 0 N–H and O–H groups in total. The minimum Gasteiger partial charge on any atom is -0.407 e. The first-order valence-electron chi connectivity index (χ1n) is 8.50. The third-order valence-electron chi connectivity index (χ3n) is 4.41. The fourth-order valence-electron chi connectivity index (χ4n) is 2.96. The fourth-order valence-corrected chi connectivity index (χ4v) is 2.96. The second kappa shape index (κ2) is 7.01. The van der Waals surface area contributed by atoms with Crippen LogP contribution in [0.2, 0.25) is 0 Å². The van der Waals surface area contributed by atoms with Gasteiger partial charge in [0.15, 0.2) is 11.4 Å². The number of carbonyl (C=O) groups is 2. The number of fused-ring (bicyclic) bond motifs is 1. The molecule has 3 aromatic carbocycles. The van der Waals surface area contributed by atoms with Crippen LogP contribution in [0.4, 0.5) is 5.69 Å². The van der Waals surface area contributed by atoms with E-state index < -0.39 is 16.6 Å². The second-order valence-electron chi connectivity index (χ2n) is 6.19. The Hall–Kier alpha value is -4.33. The van der Waals surface area contributed by atoms with E-state index in [1.807, 2.05) is 0 Å². The Morgan fingerprint density at radius 3 is 2.17 bits per heavy atom. The molecule has 1 aromatic heterocycles. The number of nitro benzene ring substituents is 1. The van der Waals surface area contributed by atoms with E-state index in [1.54, 1.807) is 30.3 Å². The average molecular weight is 388 g/mol. The highest BCUT2D eigenvalue weighted by atomic mass is 16.6. The molecule has 4 aromatic rings. The summed E-state index contributed by atoms with van der Waals surface area (Å²) in [5.41, 5.74) is 0.998. The minimum absolute atomic E-state index is 0.0878. The Kier molecular flexibility index (Phi) is 4.36. The van der Waals surface area contributed by atoms with Crippen LogP contribution in [0, 0.1) is 10.1 Å². The van der Waals surface area contributed by atoms with Gasteiger partial charge in [-0.2, -0.15) is 0 Å². The van der Waals surface area contributed by atoms with Gasteiger partial charge in [-0.05, 0) is 30.3 Å². The number of carbonyl (C=O) groups excluding carboxylic acids is 2. The molecule has 0 saturated carbocycles. The number of ketones is 1. The highest BCUT2D eigenvalue weighted by Gasteiger charge is 2.20. The molecule has 0 aliphatic rings. The lowest BCUT2D eigenvalue weighted by atomic mass is 10.0. The molecule has 8 nitrogen and oxygen atoms in total. The molecule has 8 heteroatoms. The molecule has 0 spiro atoms. The number of oxazole rings is 1. The van der Waals surface area contributed by atoms with Gasteiger partial charge >= 0.3 is 5.76 Å². The number of nitro groups is 1. The smallest absolute Gasteiger partial charge is 0.407 e. The number of non-ortho nitro benzene ring substituents is 1. The van der Waals surface area contributed by atoms with Crippen LogP contribution in [0.3, 0.4) is 0 Å². The fraction of sp³-hybridized carbons (Fsp3) is 0. The lowest BCUT2D eigenvalue weighted by molar-refractivity contribution is -0.384. The first-order chi connectivity index (χ1) is 14.0. The van der Waals surface area contributed by atoms with Crippen molar-refractivity contribution in [1.82, 2.24) is 4.57 Å². The Labute approximate surface area is 162 Å². The Bertz CT molecular complexity index is 1320. The summed E-state index contributed by atoms with van der Waals surface area (Å²) in [7, 11) is 0. The van der Waals surface area contributed by atoms with Gasteiger partial charge in [0.05, 0.1) is 10.4 Å². The van der Waals surface area contributed by atoms with E-state index in [1.165, 1.54) is 42.5 Å². The molecule has 0 aliphatic carbocycles. The second-order valence-corrected chi connectivity index (χ2v) is 6.19. The number of nitrogens with zero attached hydrogens (tertiary/aromatic N) is 2. The van der Waals surface area contributed by atoms with Crippen LogP contribution >= 0.6 is 0 Å². The van der Waals surface area contributed by atoms with E-state index in [2.05, 4.69) is 0 Å². The van der Waals surface area contributed by atoms with Gasteiger partial charge in [0, 0.05) is 28.8 Å². The summed E-state index contributed by atoms with van der Waals surface area (Å²) in [6.45, 7) is 0. The maximum atomic E-state index is 12.7. The number of rotatable bonds is 4. The molecule has 142 valence electrons. The van der Waals surface area contributed by atoms with Crippen LogP contribution in [-0.2, 0) is 0 Å². The van der Waals surface area contributed by atoms with Crippen molar-refractivity contribution < 1.29 is 18.9 Å². The standard InChI is InChI=1S/C21H12N2O6/c24-19(13-4-2-1-3-5-13)15-8-11-17-18(12-15)29-21(26)22(17)20(25)14-6-9-16(10-7-14)23(27)28/h1-12H. The van der Waals surface area contributed by atoms with Crippen molar-refractivity contribution in [2.45, 2.75) is 0 Å². The van der Waals surface area contributed by atoms with Crippen LogP contribution < -0.4 is 5.76 Å². The molecular weight excluding hydrogens is 376 g/mol. The minimum atomic E-state index is -0.910. The topological polar surface area (TPSA) is 112 Å². The largest absolute Gasteiger partial charge is 0.427 e. The zero-order chi connectivity index (χ0) is 20.5. The molecule has 0 radical (unpaired) electrons. The molecule has 0 fully saturated rings. The van der Waals surface area contributed by atoms with Crippen molar-refractivity contribution >= 4 is 28.5 Å². The molecule has 0 bridgehead atoms. The predicted octanol–water partition coefficient (Wildman–Crippen LogP) is 3.42. The molecule has 1 heterocycles. The summed E-state index contributed by atoms with van der Waals surface area (Å²) in [6.07, 6.45) is 0. The summed E-state index contributed by atoms with van der Waals surface area (Å²) < 4.78 is 5.98. The summed E-state index contributed by atoms with van der Waals surface area (Å²) in [5.74, 6) is -1.84. The number of hydrogen-bond acceptors (Lipinski definition) is 6. The number of benzene rings is 3. The highest BCUT2D eigenvalue weighted by molar-refractivity contribution is 6.10. The Morgan fingerprint density at radius 2 is 1.52 bits per heavy atom.